The van der Waals surface area contributed by atoms with Crippen LogP contribution in [0.3, 0.4) is 0 Å². The van der Waals surface area contributed by atoms with Gasteiger partial charge in [-0.1, -0.05) is 12.1 Å². The fourth-order valence-corrected chi connectivity index (χ4v) is 1.74. The highest BCUT2D eigenvalue weighted by Gasteiger charge is 2.23. The Balaban J connectivity index is 2.75. The number of hydrogen-bond acceptors (Lipinski definition) is 6. The summed E-state index contributed by atoms with van der Waals surface area (Å²) in [4.78, 5) is 31.5. The normalized spacial score (nSPS) is 11.7. The molecule has 0 amide bonds. The van der Waals surface area contributed by atoms with Crippen molar-refractivity contribution in [3.05, 3.63) is 50.1 Å². The first-order valence-corrected chi connectivity index (χ1v) is 5.87. The number of nitrogens with zero attached hydrogens (tertiary/aromatic N) is 2. The third-order valence-electron chi connectivity index (χ3n) is 2.80. The van der Waals surface area contributed by atoms with Crippen LogP contribution in [0.15, 0.2) is 24.3 Å². The summed E-state index contributed by atoms with van der Waals surface area (Å²) in [5, 5.41) is 21.6. The Kier molecular flexibility index (Phi) is 5.57. The van der Waals surface area contributed by atoms with Crippen LogP contribution >= 0.6 is 0 Å². The summed E-state index contributed by atoms with van der Waals surface area (Å²) >= 11 is 0. The van der Waals surface area contributed by atoms with Crippen molar-refractivity contribution in [2.45, 2.75) is 25.3 Å². The maximum absolute atomic E-state index is 11.0. The van der Waals surface area contributed by atoms with Gasteiger partial charge in [-0.05, 0) is 5.56 Å². The number of ether oxygens (including phenoxy) is 1. The average molecular weight is 282 g/mol. The van der Waals surface area contributed by atoms with Crippen molar-refractivity contribution in [3.8, 4) is 0 Å². The van der Waals surface area contributed by atoms with Crippen LogP contribution < -0.4 is 0 Å². The zero-order valence-corrected chi connectivity index (χ0v) is 10.9. The Morgan fingerprint density at radius 2 is 2.05 bits per heavy atom. The minimum absolute atomic E-state index is 0.0301. The summed E-state index contributed by atoms with van der Waals surface area (Å²) in [5.74, 6) is -0.518. The maximum Gasteiger partial charge on any atom is 0.305 e. The standard InChI is InChI=1S/C12H14N2O6/c1-20-12(15)6-5-11(14(18)19)8-9-3-2-4-10(7-9)13(16)17/h2-4,7,11H,5-6,8H2,1H3. The number of nitro benzene ring substituents is 1. The van der Waals surface area contributed by atoms with Gasteiger partial charge >= 0.3 is 5.97 Å². The molecule has 8 nitrogen and oxygen atoms in total. The van der Waals surface area contributed by atoms with Gasteiger partial charge in [0.25, 0.3) is 5.69 Å². The first-order valence-electron chi connectivity index (χ1n) is 5.87. The van der Waals surface area contributed by atoms with Crippen molar-refractivity contribution in [3.63, 3.8) is 0 Å². The lowest BCUT2D eigenvalue weighted by atomic mass is 10.0. The predicted octanol–water partition coefficient (Wildman–Crippen LogP) is 1.74. The van der Waals surface area contributed by atoms with E-state index in [0.717, 1.165) is 0 Å². The summed E-state index contributed by atoms with van der Waals surface area (Å²) in [5.41, 5.74) is 0.378. The summed E-state index contributed by atoms with van der Waals surface area (Å²) in [7, 11) is 1.21. The highest BCUT2D eigenvalue weighted by Crippen LogP contribution is 2.17. The smallest absolute Gasteiger partial charge is 0.305 e. The molecule has 0 N–H and O–H groups in total. The zero-order valence-electron chi connectivity index (χ0n) is 10.9. The van der Waals surface area contributed by atoms with Crippen molar-refractivity contribution in [2.75, 3.05) is 7.11 Å². The topological polar surface area (TPSA) is 113 Å². The van der Waals surface area contributed by atoms with Crippen LogP contribution in [0.1, 0.15) is 18.4 Å². The van der Waals surface area contributed by atoms with Gasteiger partial charge in [0.15, 0.2) is 0 Å². The Labute approximate surface area is 114 Å². The molecule has 8 heteroatoms. The molecule has 0 saturated carbocycles. The molecule has 0 aliphatic rings. The molecule has 1 aromatic carbocycles. The second-order valence-electron chi connectivity index (χ2n) is 4.19. The van der Waals surface area contributed by atoms with E-state index in [-0.39, 0.29) is 24.9 Å². The molecule has 0 bridgehead atoms. The van der Waals surface area contributed by atoms with Gasteiger partial charge in [-0.15, -0.1) is 0 Å². The van der Waals surface area contributed by atoms with Gasteiger partial charge in [-0.2, -0.15) is 0 Å². The van der Waals surface area contributed by atoms with Crippen LogP contribution in [0, 0.1) is 20.2 Å². The fourth-order valence-electron chi connectivity index (χ4n) is 1.74. The van der Waals surface area contributed by atoms with Gasteiger partial charge in [0.05, 0.1) is 18.5 Å². The van der Waals surface area contributed by atoms with Crippen LogP contribution in [-0.2, 0) is 16.0 Å². The van der Waals surface area contributed by atoms with Gasteiger partial charge in [-0.25, -0.2) is 0 Å². The predicted molar refractivity (Wildman–Crippen MR) is 68.8 cm³/mol. The highest BCUT2D eigenvalue weighted by molar-refractivity contribution is 5.69. The van der Waals surface area contributed by atoms with Crippen LogP contribution in [-0.4, -0.2) is 29.0 Å². The molecule has 108 valence electrons. The minimum Gasteiger partial charge on any atom is -0.469 e. The van der Waals surface area contributed by atoms with Gasteiger partial charge in [0.2, 0.25) is 6.04 Å². The molecule has 0 spiro atoms. The summed E-state index contributed by atoms with van der Waals surface area (Å²) in [6.45, 7) is 0. The molecule has 0 fully saturated rings. The van der Waals surface area contributed by atoms with Crippen molar-refractivity contribution in [1.29, 1.82) is 0 Å². The molecule has 1 rings (SSSR count). The second-order valence-corrected chi connectivity index (χ2v) is 4.19. The van der Waals surface area contributed by atoms with E-state index in [0.29, 0.717) is 5.56 Å². The van der Waals surface area contributed by atoms with Gasteiger partial charge in [-0.3, -0.25) is 25.0 Å². The fraction of sp³-hybridized carbons (Fsp3) is 0.417. The van der Waals surface area contributed by atoms with Gasteiger partial charge in [0, 0.05) is 29.9 Å². The largest absolute Gasteiger partial charge is 0.469 e. The number of carbonyl (C=O) groups is 1. The third-order valence-corrected chi connectivity index (χ3v) is 2.80. The summed E-state index contributed by atoms with van der Waals surface area (Å²) in [6.07, 6.45) is 0.00507. The van der Waals surface area contributed by atoms with E-state index in [1.807, 2.05) is 0 Å². The molecule has 0 saturated heterocycles. The molecule has 1 aromatic rings. The monoisotopic (exact) mass is 282 g/mol. The number of methoxy groups -OCH3 is 1. The van der Waals surface area contributed by atoms with E-state index < -0.39 is 21.9 Å². The lowest BCUT2D eigenvalue weighted by Gasteiger charge is -2.08. The van der Waals surface area contributed by atoms with E-state index in [9.17, 15) is 25.0 Å². The van der Waals surface area contributed by atoms with Crippen molar-refractivity contribution in [2.24, 2.45) is 0 Å². The Morgan fingerprint density at radius 1 is 1.35 bits per heavy atom. The Morgan fingerprint density at radius 3 is 2.60 bits per heavy atom. The van der Waals surface area contributed by atoms with Crippen LogP contribution in [0.4, 0.5) is 5.69 Å². The Bertz CT molecular complexity index is 516. The zero-order chi connectivity index (χ0) is 15.1. The van der Waals surface area contributed by atoms with Crippen LogP contribution in [0.25, 0.3) is 0 Å². The van der Waals surface area contributed by atoms with Crippen LogP contribution in [0.2, 0.25) is 0 Å². The molecule has 0 aromatic heterocycles. The average Bonchev–Trinajstić information content (AvgIpc) is 2.42. The maximum atomic E-state index is 11.0. The first-order chi connectivity index (χ1) is 9.43. The number of rotatable bonds is 7. The number of non-ortho nitro benzene ring substituents is 1. The molecular weight excluding hydrogens is 268 g/mol. The SMILES string of the molecule is COC(=O)CCC(Cc1cccc([N+](=O)[O-])c1)[N+](=O)[O-]. The summed E-state index contributed by atoms with van der Waals surface area (Å²) < 4.78 is 4.43. The molecule has 0 radical (unpaired) electrons. The quantitative estimate of drug-likeness (QED) is 0.427. The lowest BCUT2D eigenvalue weighted by Crippen LogP contribution is -2.23. The van der Waals surface area contributed by atoms with E-state index in [1.54, 1.807) is 6.07 Å². The molecule has 0 aliphatic carbocycles. The number of carbonyl (C=O) groups excluding carboxylic acids is 1. The summed E-state index contributed by atoms with van der Waals surface area (Å²) in [6, 6.07) is 4.70. The van der Waals surface area contributed by atoms with Crippen molar-refractivity contribution in [1.82, 2.24) is 0 Å². The highest BCUT2D eigenvalue weighted by atomic mass is 16.6. The number of benzene rings is 1. The van der Waals surface area contributed by atoms with Gasteiger partial charge < -0.3 is 4.74 Å². The van der Waals surface area contributed by atoms with Crippen molar-refractivity contribution < 1.29 is 19.4 Å². The molecule has 20 heavy (non-hydrogen) atoms. The van der Waals surface area contributed by atoms with E-state index >= 15 is 0 Å². The van der Waals surface area contributed by atoms with E-state index in [2.05, 4.69) is 4.74 Å². The molecular formula is C12H14N2O6. The third kappa shape index (κ3) is 4.63. The first kappa shape index (κ1) is 15.5. The van der Waals surface area contributed by atoms with Crippen LogP contribution in [0.5, 0.6) is 0 Å². The van der Waals surface area contributed by atoms with E-state index in [1.165, 1.54) is 25.3 Å². The molecule has 1 unspecified atom stereocenters. The lowest BCUT2D eigenvalue weighted by molar-refractivity contribution is -0.522. The Hall–Kier alpha value is -2.51. The van der Waals surface area contributed by atoms with E-state index in [4.69, 9.17) is 0 Å². The van der Waals surface area contributed by atoms with Crippen molar-refractivity contribution >= 4 is 11.7 Å². The molecule has 0 heterocycles. The number of hydrogen-bond donors (Lipinski definition) is 0. The number of nitro groups is 2. The minimum atomic E-state index is -0.976. The van der Waals surface area contributed by atoms with Gasteiger partial charge in [0.1, 0.15) is 0 Å². The second kappa shape index (κ2) is 7.17. The molecule has 0 aliphatic heterocycles. The molecule has 1 atom stereocenters. The number of esters is 1.